The first-order valence-electron chi connectivity index (χ1n) is 21.2. The number of aliphatic hydroxyl groups is 8. The summed E-state index contributed by atoms with van der Waals surface area (Å²) in [7, 11) is 3.92. The fraction of sp³-hybridized carbons (Fsp3) is 0.467. The van der Waals surface area contributed by atoms with Crippen molar-refractivity contribution in [3.8, 4) is 51.6 Å². The van der Waals surface area contributed by atoms with E-state index >= 15 is 0 Å². The van der Waals surface area contributed by atoms with E-state index in [1.165, 1.54) is 76.8 Å². The molecule has 376 valence electrons. The molecule has 15 unspecified atom stereocenters. The number of fused-ring (bicyclic) bond motifs is 1. The van der Waals surface area contributed by atoms with E-state index in [-0.39, 0.29) is 45.7 Å². The van der Waals surface area contributed by atoms with Crippen LogP contribution in [0.15, 0.2) is 63.8 Å². The topological polar surface area (TPSA) is 362 Å². The molecule has 0 saturated carbocycles. The molecule has 3 saturated heterocycles. The van der Waals surface area contributed by atoms with Gasteiger partial charge in [0.2, 0.25) is 23.2 Å². The molecule has 3 aromatic carbocycles. The number of esters is 1. The normalized spacial score (nSPS) is 31.6. The lowest BCUT2D eigenvalue weighted by molar-refractivity contribution is -0.362. The van der Waals surface area contributed by atoms with E-state index in [1.807, 2.05) is 0 Å². The number of phenols is 3. The third kappa shape index (κ3) is 10.7. The van der Waals surface area contributed by atoms with Crippen LogP contribution in [0.1, 0.15) is 12.5 Å². The molecule has 3 fully saturated rings. The maximum Gasteiger partial charge on any atom is 0.330 e. The van der Waals surface area contributed by atoms with E-state index in [0.717, 1.165) is 12.1 Å². The van der Waals surface area contributed by atoms with Gasteiger partial charge in [-0.2, -0.15) is 0 Å². The number of carbonyl (C=O) groups excluding carboxylic acids is 1. The first-order valence-corrected chi connectivity index (χ1v) is 21.2. The van der Waals surface area contributed by atoms with Crippen molar-refractivity contribution in [2.75, 3.05) is 34.5 Å². The van der Waals surface area contributed by atoms with Crippen LogP contribution < -0.4 is 24.4 Å². The molecular formula is C45H52O24. The summed E-state index contributed by atoms with van der Waals surface area (Å²) in [5, 5.41) is 118. The minimum absolute atomic E-state index is 0.0434. The number of phenolic OH excluding ortho intramolecular Hbond substituents is 3. The van der Waals surface area contributed by atoms with Crippen molar-refractivity contribution in [3.05, 3.63) is 70.4 Å². The van der Waals surface area contributed by atoms with Crippen molar-refractivity contribution in [1.82, 2.24) is 0 Å². The Balaban J connectivity index is 1.19. The second-order valence-electron chi connectivity index (χ2n) is 16.2. The number of carbonyl (C=O) groups is 1. The average Bonchev–Trinajstić information content (AvgIpc) is 3.33. The summed E-state index contributed by atoms with van der Waals surface area (Å²) in [6, 6.07) is 10.4. The summed E-state index contributed by atoms with van der Waals surface area (Å²) in [6.07, 6.45) is -25.0. The predicted molar refractivity (Wildman–Crippen MR) is 230 cm³/mol. The van der Waals surface area contributed by atoms with Crippen molar-refractivity contribution < 1.29 is 113 Å². The van der Waals surface area contributed by atoms with Gasteiger partial charge in [-0.15, -0.1) is 0 Å². The molecule has 1 aromatic heterocycles. The largest absolute Gasteiger partial charge is 0.508 e. The van der Waals surface area contributed by atoms with Gasteiger partial charge in [0.15, 0.2) is 35.9 Å². The fourth-order valence-corrected chi connectivity index (χ4v) is 7.73. The summed E-state index contributed by atoms with van der Waals surface area (Å²) in [4.78, 5) is 27.2. The van der Waals surface area contributed by atoms with Gasteiger partial charge in [0.1, 0.15) is 95.9 Å². The van der Waals surface area contributed by atoms with Crippen LogP contribution in [0.2, 0.25) is 0 Å². The van der Waals surface area contributed by atoms with Crippen LogP contribution in [0.5, 0.6) is 40.2 Å². The first-order chi connectivity index (χ1) is 32.8. The van der Waals surface area contributed by atoms with E-state index < -0.39 is 134 Å². The lowest BCUT2D eigenvalue weighted by atomic mass is 9.97. The van der Waals surface area contributed by atoms with Crippen LogP contribution in [0.25, 0.3) is 28.4 Å². The first kappa shape index (κ1) is 51.0. The van der Waals surface area contributed by atoms with Crippen molar-refractivity contribution in [2.24, 2.45) is 0 Å². The van der Waals surface area contributed by atoms with Gasteiger partial charge in [0.25, 0.3) is 0 Å². The molecule has 0 aliphatic carbocycles. The molecule has 15 atom stereocenters. The number of rotatable bonds is 15. The molecule has 69 heavy (non-hydrogen) atoms. The van der Waals surface area contributed by atoms with Crippen molar-refractivity contribution in [1.29, 1.82) is 0 Å². The Kier molecular flexibility index (Phi) is 15.8. The highest BCUT2D eigenvalue weighted by Crippen LogP contribution is 2.40. The molecular weight excluding hydrogens is 924 g/mol. The zero-order valence-corrected chi connectivity index (χ0v) is 37.1. The number of aromatic hydroxyl groups is 3. The van der Waals surface area contributed by atoms with Crippen molar-refractivity contribution >= 4 is 23.0 Å². The van der Waals surface area contributed by atoms with Crippen LogP contribution in [0.4, 0.5) is 0 Å². The van der Waals surface area contributed by atoms with Crippen LogP contribution in [0, 0.1) is 0 Å². The molecule has 3 aliphatic rings. The minimum atomic E-state index is -2.14. The predicted octanol–water partition coefficient (Wildman–Crippen LogP) is -1.28. The maximum absolute atomic E-state index is 14.4. The quantitative estimate of drug-likeness (QED) is 0.0488. The van der Waals surface area contributed by atoms with E-state index in [0.29, 0.717) is 5.56 Å². The molecule has 0 bridgehead atoms. The number of hydrogen-bond acceptors (Lipinski definition) is 24. The van der Waals surface area contributed by atoms with E-state index in [9.17, 15) is 65.8 Å². The molecule has 0 spiro atoms. The van der Waals surface area contributed by atoms with Gasteiger partial charge in [-0.3, -0.25) is 4.79 Å². The number of hydrogen-bond donors (Lipinski definition) is 11. The van der Waals surface area contributed by atoms with Gasteiger partial charge in [0.05, 0.1) is 34.0 Å². The summed E-state index contributed by atoms with van der Waals surface area (Å²) in [5.41, 5.74) is -0.743. The zero-order chi connectivity index (χ0) is 50.0. The smallest absolute Gasteiger partial charge is 0.330 e. The lowest BCUT2D eigenvalue weighted by Crippen LogP contribution is -2.65. The Bertz CT molecular complexity index is 2490. The summed E-state index contributed by atoms with van der Waals surface area (Å²) < 4.78 is 61.9. The molecule has 4 aromatic rings. The summed E-state index contributed by atoms with van der Waals surface area (Å²) in [5.74, 6) is -2.89. The molecule has 7 rings (SSSR count). The minimum Gasteiger partial charge on any atom is -0.508 e. The SMILES string of the molecule is COc1cc(O)c2c(=O)c(OC3OC(COC4OC(C)C(O)C(O)C4O)C(O)C(O)C3OC3OC(COC(=O)C=Cc4cc(OC)c(O)c(OC)c4)C(O)C(O)C3O)c(-c3ccc(O)cc3)oc2c1. The van der Waals surface area contributed by atoms with Crippen LogP contribution in [-0.4, -0.2) is 189 Å². The highest BCUT2D eigenvalue weighted by atomic mass is 16.8. The Hall–Kier alpha value is -5.84. The zero-order valence-electron chi connectivity index (χ0n) is 37.1. The van der Waals surface area contributed by atoms with Crippen LogP contribution in [-0.2, 0) is 33.2 Å². The average molecular weight is 977 g/mol. The third-order valence-corrected chi connectivity index (χ3v) is 11.6. The van der Waals surface area contributed by atoms with E-state index in [1.54, 1.807) is 0 Å². The number of benzene rings is 3. The Morgan fingerprint density at radius 1 is 0.681 bits per heavy atom. The fourth-order valence-electron chi connectivity index (χ4n) is 7.73. The number of methoxy groups -OCH3 is 3. The summed E-state index contributed by atoms with van der Waals surface area (Å²) in [6.45, 7) is -0.0995. The molecule has 4 heterocycles. The molecule has 0 amide bonds. The lowest BCUT2D eigenvalue weighted by Gasteiger charge is -2.46. The molecule has 0 radical (unpaired) electrons. The van der Waals surface area contributed by atoms with E-state index in [2.05, 4.69) is 0 Å². The Morgan fingerprint density at radius 3 is 1.94 bits per heavy atom. The Morgan fingerprint density at radius 2 is 1.29 bits per heavy atom. The number of ether oxygens (including phenoxy) is 10. The Labute approximate surface area is 390 Å². The maximum atomic E-state index is 14.4. The standard InChI is InChI=1S/C45H52O24/c1-17-30(49)35(54)38(57)43(64-17)63-16-27-33(52)37(56)42(45(67-27)68-41-34(53)29-22(47)13-21(59-2)14-23(29)65-40(41)19-6-8-20(46)9-7-19)69-44-39(58)36(55)32(51)26(66-44)15-62-28(48)10-5-18-11-24(60-3)31(50)25(12-18)61-4/h5-14,17,26-27,30,32-33,35-39,42-47,49-52,54-58H,15-16H2,1-4H3. The van der Waals surface area contributed by atoms with Crippen LogP contribution in [0.3, 0.4) is 0 Å². The second kappa shape index (κ2) is 21.4. The molecule has 11 N–H and O–H groups in total. The molecule has 3 aliphatic heterocycles. The van der Waals surface area contributed by atoms with Gasteiger partial charge < -0.3 is 108 Å². The van der Waals surface area contributed by atoms with Crippen molar-refractivity contribution in [2.45, 2.75) is 99.0 Å². The second-order valence-corrected chi connectivity index (χ2v) is 16.2. The van der Waals surface area contributed by atoms with Gasteiger partial charge in [-0.25, -0.2) is 4.79 Å². The van der Waals surface area contributed by atoms with Gasteiger partial charge in [-0.05, 0) is 55.0 Å². The molecule has 24 nitrogen and oxygen atoms in total. The van der Waals surface area contributed by atoms with E-state index in [4.69, 9.17) is 51.8 Å². The summed E-state index contributed by atoms with van der Waals surface area (Å²) >= 11 is 0. The monoisotopic (exact) mass is 976 g/mol. The van der Waals surface area contributed by atoms with Gasteiger partial charge >= 0.3 is 5.97 Å². The van der Waals surface area contributed by atoms with Crippen LogP contribution >= 0.6 is 0 Å². The number of aliphatic hydroxyl groups excluding tert-OH is 8. The third-order valence-electron chi connectivity index (χ3n) is 11.6. The van der Waals surface area contributed by atoms with Crippen molar-refractivity contribution in [3.63, 3.8) is 0 Å². The van der Waals surface area contributed by atoms with Gasteiger partial charge in [-0.1, -0.05) is 0 Å². The van der Waals surface area contributed by atoms with Gasteiger partial charge in [0, 0.05) is 23.8 Å². The highest BCUT2D eigenvalue weighted by molar-refractivity contribution is 5.89. The highest BCUT2D eigenvalue weighted by Gasteiger charge is 2.53. The molecule has 24 heteroatoms.